The predicted molar refractivity (Wildman–Crippen MR) is 113 cm³/mol. The number of benzene rings is 2. The number of halogens is 1. The average molecular weight is 467 g/mol. The molecule has 0 spiro atoms. The summed E-state index contributed by atoms with van der Waals surface area (Å²) in [5.41, 5.74) is 2.05. The number of hydrogen-bond acceptors (Lipinski definition) is 5. The van der Waals surface area contributed by atoms with Crippen LogP contribution >= 0.6 is 24.0 Å². The van der Waals surface area contributed by atoms with Gasteiger partial charge in [0.05, 0.1) is 34.1 Å². The van der Waals surface area contributed by atoms with Gasteiger partial charge in [0.2, 0.25) is 0 Å². The Morgan fingerprint density at radius 1 is 0.731 bits per heavy atom. The molecule has 0 N–H and O–H groups in total. The van der Waals surface area contributed by atoms with Crippen molar-refractivity contribution in [3.8, 4) is 23.0 Å². The summed E-state index contributed by atoms with van der Waals surface area (Å²) in [6.07, 6.45) is 2.48. The first-order valence-electron chi connectivity index (χ1n) is 7.90. The Labute approximate surface area is 170 Å². The van der Waals surface area contributed by atoms with E-state index in [2.05, 4.69) is 4.98 Å². The number of nitrogens with zero attached hydrogens (tertiary/aromatic N) is 1. The molecule has 0 radical (unpaired) electrons. The Hall–Kier alpha value is -2.22. The molecule has 138 valence electrons. The van der Waals surface area contributed by atoms with Gasteiger partial charge >= 0.3 is 0 Å². The third-order valence-corrected chi connectivity index (χ3v) is 4.17. The Morgan fingerprint density at radius 2 is 1.35 bits per heavy atom. The fourth-order valence-corrected chi connectivity index (χ4v) is 2.88. The van der Waals surface area contributed by atoms with Gasteiger partial charge in [0, 0.05) is 18.0 Å². The molecule has 0 fully saturated rings. The smallest absolute Gasteiger partial charge is 0.161 e. The maximum atomic E-state index is 5.43. The number of ether oxygens (including phenoxy) is 4. The normalized spacial score (nSPS) is 10.2. The minimum absolute atomic E-state index is 0. The number of methoxy groups -OCH3 is 4. The fourth-order valence-electron chi connectivity index (χ4n) is 2.88. The molecule has 1 aromatic heterocycles. The van der Waals surface area contributed by atoms with Gasteiger partial charge in [-0.05, 0) is 41.3 Å². The molecule has 0 aliphatic heterocycles. The lowest BCUT2D eigenvalue weighted by Crippen LogP contribution is -1.97. The van der Waals surface area contributed by atoms with Gasteiger partial charge in [-0.25, -0.2) is 0 Å². The molecule has 0 saturated heterocycles. The molecular formula is C20H22INO4. The van der Waals surface area contributed by atoms with Crippen molar-refractivity contribution in [3.63, 3.8) is 0 Å². The van der Waals surface area contributed by atoms with Crippen LogP contribution in [-0.4, -0.2) is 33.4 Å². The highest BCUT2D eigenvalue weighted by Gasteiger charge is 2.11. The number of hydrogen-bond donors (Lipinski definition) is 0. The standard InChI is InChI=1S/C20H21NO4.HI/c1-22-17-6-5-13(10-18(17)23-2)9-16-15-12-20(25-4)19(24-3)11-14(15)7-8-21-16;/h5-8,10-12H,9H2,1-4H3;1H. The van der Waals surface area contributed by atoms with Crippen molar-refractivity contribution < 1.29 is 18.9 Å². The van der Waals surface area contributed by atoms with Crippen LogP contribution in [0.3, 0.4) is 0 Å². The zero-order valence-corrected chi connectivity index (χ0v) is 17.6. The second kappa shape index (κ2) is 8.93. The van der Waals surface area contributed by atoms with Crippen LogP contribution in [0.15, 0.2) is 42.6 Å². The maximum Gasteiger partial charge on any atom is 0.161 e. The van der Waals surface area contributed by atoms with Crippen molar-refractivity contribution in [1.82, 2.24) is 4.98 Å². The van der Waals surface area contributed by atoms with E-state index in [1.165, 1.54) is 0 Å². The summed E-state index contributed by atoms with van der Waals surface area (Å²) in [6.45, 7) is 0. The lowest BCUT2D eigenvalue weighted by molar-refractivity contribution is 0.354. The van der Waals surface area contributed by atoms with E-state index in [1.807, 2.05) is 42.6 Å². The van der Waals surface area contributed by atoms with E-state index in [4.69, 9.17) is 18.9 Å². The van der Waals surface area contributed by atoms with E-state index in [1.54, 1.807) is 28.4 Å². The first-order chi connectivity index (χ1) is 12.2. The zero-order chi connectivity index (χ0) is 17.8. The van der Waals surface area contributed by atoms with Gasteiger partial charge in [-0.15, -0.1) is 24.0 Å². The van der Waals surface area contributed by atoms with Crippen molar-refractivity contribution in [1.29, 1.82) is 0 Å². The van der Waals surface area contributed by atoms with Crippen LogP contribution in [0.4, 0.5) is 0 Å². The van der Waals surface area contributed by atoms with Crippen molar-refractivity contribution in [2.24, 2.45) is 0 Å². The molecule has 5 nitrogen and oxygen atoms in total. The molecule has 0 atom stereocenters. The summed E-state index contributed by atoms with van der Waals surface area (Å²) in [6, 6.07) is 11.8. The molecule has 0 unspecified atom stereocenters. The van der Waals surface area contributed by atoms with E-state index in [0.717, 1.165) is 22.0 Å². The van der Waals surface area contributed by atoms with Crippen LogP contribution in [0.25, 0.3) is 10.8 Å². The van der Waals surface area contributed by atoms with Gasteiger partial charge in [-0.2, -0.15) is 0 Å². The molecule has 1 heterocycles. The largest absolute Gasteiger partial charge is 0.493 e. The van der Waals surface area contributed by atoms with E-state index >= 15 is 0 Å². The van der Waals surface area contributed by atoms with E-state index in [-0.39, 0.29) is 24.0 Å². The highest BCUT2D eigenvalue weighted by Crippen LogP contribution is 2.34. The topological polar surface area (TPSA) is 49.8 Å². The van der Waals surface area contributed by atoms with Gasteiger partial charge in [0.15, 0.2) is 23.0 Å². The minimum Gasteiger partial charge on any atom is -0.493 e. The quantitative estimate of drug-likeness (QED) is 0.501. The lowest BCUT2D eigenvalue weighted by atomic mass is 10.0. The zero-order valence-electron chi connectivity index (χ0n) is 15.2. The van der Waals surface area contributed by atoms with E-state index in [0.29, 0.717) is 29.4 Å². The second-order valence-corrected chi connectivity index (χ2v) is 5.55. The predicted octanol–water partition coefficient (Wildman–Crippen LogP) is 4.48. The number of pyridine rings is 1. The maximum absolute atomic E-state index is 5.43. The summed E-state index contributed by atoms with van der Waals surface area (Å²) in [4.78, 5) is 4.56. The van der Waals surface area contributed by atoms with Gasteiger partial charge < -0.3 is 18.9 Å². The van der Waals surface area contributed by atoms with Gasteiger partial charge in [0.1, 0.15) is 0 Å². The molecule has 0 saturated carbocycles. The van der Waals surface area contributed by atoms with Gasteiger partial charge in [-0.3, -0.25) is 4.98 Å². The SMILES string of the molecule is COc1ccc(Cc2nccc3cc(OC)c(OC)cc23)cc1OC.I. The third kappa shape index (κ3) is 3.95. The summed E-state index contributed by atoms with van der Waals surface area (Å²) in [7, 11) is 6.53. The lowest BCUT2D eigenvalue weighted by Gasteiger charge is -2.12. The molecule has 2 aromatic carbocycles. The van der Waals surface area contributed by atoms with Crippen molar-refractivity contribution >= 4 is 34.7 Å². The summed E-state index contributed by atoms with van der Waals surface area (Å²) < 4.78 is 21.5. The number of fused-ring (bicyclic) bond motifs is 1. The first-order valence-corrected chi connectivity index (χ1v) is 7.90. The van der Waals surface area contributed by atoms with Crippen molar-refractivity contribution in [3.05, 3.63) is 53.9 Å². The Bertz CT molecular complexity index is 898. The van der Waals surface area contributed by atoms with Crippen LogP contribution in [0.5, 0.6) is 23.0 Å². The van der Waals surface area contributed by atoms with Crippen LogP contribution in [0.1, 0.15) is 11.3 Å². The average Bonchev–Trinajstić information content (AvgIpc) is 2.66. The summed E-state index contributed by atoms with van der Waals surface area (Å²) in [5.74, 6) is 2.82. The van der Waals surface area contributed by atoms with Crippen LogP contribution in [0, 0.1) is 0 Å². The molecule has 0 amide bonds. The molecule has 3 aromatic rings. The minimum atomic E-state index is 0. The van der Waals surface area contributed by atoms with Gasteiger partial charge in [-0.1, -0.05) is 6.07 Å². The Morgan fingerprint density at radius 3 is 2.00 bits per heavy atom. The molecule has 3 rings (SSSR count). The first kappa shape index (κ1) is 20.1. The Balaban J connectivity index is 0.00000243. The van der Waals surface area contributed by atoms with E-state index < -0.39 is 0 Å². The summed E-state index contributed by atoms with van der Waals surface area (Å²) in [5, 5.41) is 2.10. The van der Waals surface area contributed by atoms with Crippen LogP contribution in [0.2, 0.25) is 0 Å². The Kier molecular flexibility index (Phi) is 6.90. The molecule has 6 heteroatoms. The summed E-state index contributed by atoms with van der Waals surface area (Å²) >= 11 is 0. The monoisotopic (exact) mass is 467 g/mol. The van der Waals surface area contributed by atoms with Crippen molar-refractivity contribution in [2.45, 2.75) is 6.42 Å². The van der Waals surface area contributed by atoms with Gasteiger partial charge in [0.25, 0.3) is 0 Å². The molecule has 26 heavy (non-hydrogen) atoms. The van der Waals surface area contributed by atoms with Crippen molar-refractivity contribution in [2.75, 3.05) is 28.4 Å². The highest BCUT2D eigenvalue weighted by molar-refractivity contribution is 14.0. The number of rotatable bonds is 6. The third-order valence-electron chi connectivity index (χ3n) is 4.17. The molecule has 0 aliphatic rings. The molecule has 0 aliphatic carbocycles. The van der Waals surface area contributed by atoms with Crippen LogP contribution < -0.4 is 18.9 Å². The van der Waals surface area contributed by atoms with E-state index in [9.17, 15) is 0 Å². The second-order valence-electron chi connectivity index (χ2n) is 5.55. The highest BCUT2D eigenvalue weighted by atomic mass is 127. The molecular weight excluding hydrogens is 445 g/mol. The fraction of sp³-hybridized carbons (Fsp3) is 0.250. The number of aromatic nitrogens is 1. The molecule has 0 bridgehead atoms. The van der Waals surface area contributed by atoms with Crippen LogP contribution in [-0.2, 0) is 6.42 Å².